The summed E-state index contributed by atoms with van der Waals surface area (Å²) in [6.07, 6.45) is 3.34. The maximum Gasteiger partial charge on any atom is 0.306 e. The minimum absolute atomic E-state index is 0.0681. The van der Waals surface area contributed by atoms with Gasteiger partial charge in [-0.15, -0.1) is 0 Å². The predicted molar refractivity (Wildman–Crippen MR) is 102 cm³/mol. The van der Waals surface area contributed by atoms with Gasteiger partial charge in [0.2, 0.25) is 11.8 Å². The molecule has 2 amide bonds. The second-order valence-electron chi connectivity index (χ2n) is 6.78. The molecule has 1 saturated heterocycles. The van der Waals surface area contributed by atoms with Crippen LogP contribution in [0.25, 0.3) is 0 Å². The van der Waals surface area contributed by atoms with Crippen LogP contribution in [0.15, 0.2) is 30.3 Å². The second kappa shape index (κ2) is 11.3. The van der Waals surface area contributed by atoms with Crippen molar-refractivity contribution < 1.29 is 19.1 Å². The van der Waals surface area contributed by atoms with Gasteiger partial charge in [-0.25, -0.2) is 0 Å². The molecular formula is C20H29N3O4. The van der Waals surface area contributed by atoms with E-state index in [1.165, 1.54) is 0 Å². The van der Waals surface area contributed by atoms with Crippen LogP contribution in [-0.4, -0.2) is 48.4 Å². The van der Waals surface area contributed by atoms with Crippen LogP contribution in [0.1, 0.15) is 44.1 Å². The van der Waals surface area contributed by atoms with E-state index in [1.807, 2.05) is 30.3 Å². The van der Waals surface area contributed by atoms with Crippen molar-refractivity contribution in [1.29, 1.82) is 0 Å². The molecule has 1 atom stereocenters. The number of carbonyl (C=O) groups excluding carboxylic acids is 3. The Labute approximate surface area is 160 Å². The van der Waals surface area contributed by atoms with E-state index in [4.69, 9.17) is 10.5 Å². The number of nitrogens with two attached hydrogens (primary N) is 1. The molecule has 3 N–H and O–H groups in total. The summed E-state index contributed by atoms with van der Waals surface area (Å²) in [6, 6.07) is 8.86. The molecular weight excluding hydrogens is 346 g/mol. The van der Waals surface area contributed by atoms with Gasteiger partial charge < -0.3 is 20.7 Å². The molecule has 1 aliphatic rings. The number of amides is 2. The van der Waals surface area contributed by atoms with Crippen molar-refractivity contribution >= 4 is 17.8 Å². The van der Waals surface area contributed by atoms with Crippen LogP contribution in [0.5, 0.6) is 0 Å². The molecule has 0 radical (unpaired) electrons. The third-order valence-corrected chi connectivity index (χ3v) is 4.54. The molecule has 1 heterocycles. The molecule has 1 aromatic rings. The van der Waals surface area contributed by atoms with Crippen LogP contribution in [0.3, 0.4) is 0 Å². The number of carbonyl (C=O) groups is 3. The van der Waals surface area contributed by atoms with Gasteiger partial charge in [0.05, 0.1) is 6.04 Å². The first-order chi connectivity index (χ1) is 13.1. The zero-order valence-corrected chi connectivity index (χ0v) is 15.7. The van der Waals surface area contributed by atoms with E-state index in [9.17, 15) is 14.4 Å². The topological polar surface area (TPSA) is 102 Å². The Morgan fingerprint density at radius 2 is 1.81 bits per heavy atom. The van der Waals surface area contributed by atoms with Crippen LogP contribution in [-0.2, 0) is 25.7 Å². The van der Waals surface area contributed by atoms with Crippen LogP contribution in [0.2, 0.25) is 0 Å². The molecule has 7 nitrogen and oxygen atoms in total. The number of likely N-dealkylation sites (tertiary alicyclic amines) is 1. The number of ether oxygens (including phenoxy) is 1. The molecule has 7 heteroatoms. The molecule has 0 bridgehead atoms. The fraction of sp³-hybridized carbons (Fsp3) is 0.550. The zero-order chi connectivity index (χ0) is 19.5. The molecule has 1 aromatic carbocycles. The lowest BCUT2D eigenvalue weighted by Crippen LogP contribution is -2.43. The summed E-state index contributed by atoms with van der Waals surface area (Å²) in [5.41, 5.74) is 6.83. The van der Waals surface area contributed by atoms with E-state index >= 15 is 0 Å². The highest BCUT2D eigenvalue weighted by Gasteiger charge is 2.23. The molecule has 0 saturated carbocycles. The summed E-state index contributed by atoms with van der Waals surface area (Å²) in [5.74, 6) is -0.509. The fourth-order valence-electron chi connectivity index (χ4n) is 2.94. The number of benzene rings is 1. The largest absolute Gasteiger partial charge is 0.461 e. The van der Waals surface area contributed by atoms with Gasteiger partial charge in [-0.2, -0.15) is 0 Å². The van der Waals surface area contributed by atoms with Crippen molar-refractivity contribution in [3.05, 3.63) is 35.9 Å². The van der Waals surface area contributed by atoms with Crippen molar-refractivity contribution in [1.82, 2.24) is 10.2 Å². The van der Waals surface area contributed by atoms with Gasteiger partial charge in [0.25, 0.3) is 0 Å². The van der Waals surface area contributed by atoms with E-state index < -0.39 is 6.04 Å². The quantitative estimate of drug-likeness (QED) is 0.475. The Balaban J connectivity index is 1.51. The number of hydrogen-bond acceptors (Lipinski definition) is 5. The number of esters is 1. The number of nitrogens with one attached hydrogen (secondary N) is 1. The lowest BCUT2D eigenvalue weighted by atomic mass is 10.1. The van der Waals surface area contributed by atoms with E-state index in [2.05, 4.69) is 5.32 Å². The maximum atomic E-state index is 12.1. The monoisotopic (exact) mass is 375 g/mol. The summed E-state index contributed by atoms with van der Waals surface area (Å²) in [6.45, 7) is 2.18. The maximum absolute atomic E-state index is 12.1. The average molecular weight is 375 g/mol. The first-order valence-electron chi connectivity index (χ1n) is 9.57. The summed E-state index contributed by atoms with van der Waals surface area (Å²) >= 11 is 0. The lowest BCUT2D eigenvalue weighted by Gasteiger charge is -2.19. The summed E-state index contributed by atoms with van der Waals surface area (Å²) in [7, 11) is 0. The van der Waals surface area contributed by atoms with E-state index in [0.29, 0.717) is 19.4 Å². The lowest BCUT2D eigenvalue weighted by molar-refractivity contribution is -0.145. The van der Waals surface area contributed by atoms with Crippen LogP contribution in [0.4, 0.5) is 0 Å². The van der Waals surface area contributed by atoms with Crippen molar-refractivity contribution in [2.24, 2.45) is 5.73 Å². The van der Waals surface area contributed by atoms with Gasteiger partial charge in [-0.3, -0.25) is 14.4 Å². The Hall–Kier alpha value is -2.41. The van der Waals surface area contributed by atoms with Gasteiger partial charge in [0, 0.05) is 32.5 Å². The van der Waals surface area contributed by atoms with E-state index in [1.54, 1.807) is 4.90 Å². The third-order valence-electron chi connectivity index (χ3n) is 4.54. The van der Waals surface area contributed by atoms with E-state index in [0.717, 1.165) is 31.5 Å². The normalized spacial score (nSPS) is 14.6. The van der Waals surface area contributed by atoms with Gasteiger partial charge in [-0.1, -0.05) is 30.3 Å². The highest BCUT2D eigenvalue weighted by molar-refractivity contribution is 5.83. The molecule has 0 aromatic heterocycles. The van der Waals surface area contributed by atoms with Gasteiger partial charge >= 0.3 is 5.97 Å². The molecule has 2 rings (SSSR count). The van der Waals surface area contributed by atoms with E-state index in [-0.39, 0.29) is 37.2 Å². The Kier molecular flexibility index (Phi) is 8.77. The molecule has 0 aliphatic carbocycles. The predicted octanol–water partition coefficient (Wildman–Crippen LogP) is 1.36. The highest BCUT2D eigenvalue weighted by Crippen LogP contribution is 2.10. The van der Waals surface area contributed by atoms with Crippen molar-refractivity contribution in [3.8, 4) is 0 Å². The number of hydrogen-bond donors (Lipinski definition) is 2. The fourth-order valence-corrected chi connectivity index (χ4v) is 2.94. The van der Waals surface area contributed by atoms with Gasteiger partial charge in [-0.05, 0) is 31.2 Å². The summed E-state index contributed by atoms with van der Waals surface area (Å²) < 4.78 is 5.18. The van der Waals surface area contributed by atoms with Gasteiger partial charge in [0.15, 0.2) is 0 Å². The summed E-state index contributed by atoms with van der Waals surface area (Å²) in [4.78, 5) is 37.4. The molecule has 0 unspecified atom stereocenters. The average Bonchev–Trinajstić information content (AvgIpc) is 3.22. The second-order valence-corrected chi connectivity index (χ2v) is 6.78. The first-order valence-corrected chi connectivity index (χ1v) is 9.57. The standard InChI is InChI=1S/C20H29N3O4/c21-17(20(26)23-13-4-5-14-23)10-11-18(24)22-12-6-9-19(25)27-15-16-7-2-1-3-8-16/h1-3,7-8,17H,4-6,9-15,21H2,(H,22,24)/t17-/m0/s1. The molecule has 1 fully saturated rings. The third kappa shape index (κ3) is 7.78. The molecule has 148 valence electrons. The first kappa shape index (κ1) is 20.9. The minimum Gasteiger partial charge on any atom is -0.461 e. The number of nitrogens with zero attached hydrogens (tertiary/aromatic N) is 1. The molecule has 1 aliphatic heterocycles. The van der Waals surface area contributed by atoms with Crippen LogP contribution >= 0.6 is 0 Å². The highest BCUT2D eigenvalue weighted by atomic mass is 16.5. The Bertz CT molecular complexity index is 615. The molecule has 27 heavy (non-hydrogen) atoms. The Morgan fingerprint density at radius 1 is 1.11 bits per heavy atom. The van der Waals surface area contributed by atoms with Crippen molar-refractivity contribution in [2.45, 2.75) is 51.2 Å². The smallest absolute Gasteiger partial charge is 0.306 e. The minimum atomic E-state index is -0.623. The summed E-state index contributed by atoms with van der Waals surface area (Å²) in [5, 5.41) is 2.75. The SMILES string of the molecule is N[C@@H](CCC(=O)NCCCC(=O)OCc1ccccc1)C(=O)N1CCCC1. The van der Waals surface area contributed by atoms with Crippen LogP contribution in [0, 0.1) is 0 Å². The molecule has 0 spiro atoms. The van der Waals surface area contributed by atoms with Crippen molar-refractivity contribution in [3.63, 3.8) is 0 Å². The van der Waals surface area contributed by atoms with Gasteiger partial charge in [0.1, 0.15) is 6.61 Å². The number of rotatable bonds is 10. The Morgan fingerprint density at radius 3 is 2.52 bits per heavy atom. The van der Waals surface area contributed by atoms with Crippen LogP contribution < -0.4 is 11.1 Å². The zero-order valence-electron chi connectivity index (χ0n) is 15.7. The van der Waals surface area contributed by atoms with Crippen molar-refractivity contribution in [2.75, 3.05) is 19.6 Å².